The number of carboxylic acids is 1. The van der Waals surface area contributed by atoms with Crippen molar-refractivity contribution in [3.05, 3.63) is 48.5 Å². The second-order valence-corrected chi connectivity index (χ2v) is 6.86. The molecule has 3 aromatic rings. The third-order valence-corrected chi connectivity index (χ3v) is 4.88. The van der Waals surface area contributed by atoms with Gasteiger partial charge in [-0.3, -0.25) is 4.79 Å². The zero-order chi connectivity index (χ0) is 14.3. The van der Waals surface area contributed by atoms with E-state index in [9.17, 15) is 9.59 Å². The Balaban J connectivity index is 2.04. The molecule has 102 valence electrons. The van der Waals surface area contributed by atoms with Crippen LogP contribution >= 0.6 is 34.3 Å². The lowest BCUT2D eigenvalue weighted by atomic mass is 10.3. The molecule has 0 radical (unpaired) electrons. The van der Waals surface area contributed by atoms with E-state index in [0.717, 1.165) is 16.2 Å². The van der Waals surface area contributed by atoms with Gasteiger partial charge >= 0.3 is 5.97 Å². The van der Waals surface area contributed by atoms with E-state index < -0.39 is 5.97 Å². The Labute approximate surface area is 125 Å². The van der Waals surface area contributed by atoms with Crippen molar-refractivity contribution >= 4 is 50.5 Å². The standard InChI is InChI=1S/C12H7ClN2O3S2/c13-8-2-1-5(19-8)3-9-14-10(16)6-4-7(12(17)18)20-11(6)15-9/h1-2,4H,3H2,(H,17,18)(H,14,15,16). The van der Waals surface area contributed by atoms with E-state index >= 15 is 0 Å². The minimum absolute atomic E-state index is 0.106. The van der Waals surface area contributed by atoms with Gasteiger partial charge in [-0.2, -0.15) is 0 Å². The molecule has 0 bridgehead atoms. The molecule has 0 saturated carbocycles. The topological polar surface area (TPSA) is 83.0 Å². The van der Waals surface area contributed by atoms with Crippen molar-refractivity contribution in [1.29, 1.82) is 0 Å². The third kappa shape index (κ3) is 2.47. The monoisotopic (exact) mass is 326 g/mol. The number of carbonyl (C=O) groups is 1. The van der Waals surface area contributed by atoms with Crippen LogP contribution < -0.4 is 5.56 Å². The van der Waals surface area contributed by atoms with Crippen LogP contribution in [0.25, 0.3) is 10.2 Å². The number of aromatic amines is 1. The first-order chi connectivity index (χ1) is 9.52. The molecule has 0 aromatic carbocycles. The van der Waals surface area contributed by atoms with E-state index in [1.807, 2.05) is 6.07 Å². The number of fused-ring (bicyclic) bond motifs is 1. The molecular formula is C12H7ClN2O3S2. The second kappa shape index (κ2) is 5.01. The predicted octanol–water partition coefficient (Wildman–Crippen LogP) is 2.99. The van der Waals surface area contributed by atoms with E-state index in [1.165, 1.54) is 17.4 Å². The Morgan fingerprint density at radius 2 is 2.20 bits per heavy atom. The number of hydrogen-bond donors (Lipinski definition) is 2. The van der Waals surface area contributed by atoms with Gasteiger partial charge in [0.2, 0.25) is 0 Å². The molecular weight excluding hydrogens is 320 g/mol. The van der Waals surface area contributed by atoms with E-state index in [4.69, 9.17) is 16.7 Å². The molecule has 5 nitrogen and oxygen atoms in total. The highest BCUT2D eigenvalue weighted by molar-refractivity contribution is 7.20. The molecule has 0 fully saturated rings. The fourth-order valence-electron chi connectivity index (χ4n) is 1.78. The molecule has 3 aromatic heterocycles. The summed E-state index contributed by atoms with van der Waals surface area (Å²) in [5.74, 6) is -0.557. The zero-order valence-electron chi connectivity index (χ0n) is 9.84. The molecule has 0 aliphatic rings. The summed E-state index contributed by atoms with van der Waals surface area (Å²) >= 11 is 8.27. The molecule has 8 heteroatoms. The summed E-state index contributed by atoms with van der Waals surface area (Å²) in [6.45, 7) is 0. The van der Waals surface area contributed by atoms with Gasteiger partial charge in [0.15, 0.2) is 0 Å². The van der Waals surface area contributed by atoms with Crippen LogP contribution in [0.15, 0.2) is 23.0 Å². The van der Waals surface area contributed by atoms with Gasteiger partial charge in [0.25, 0.3) is 5.56 Å². The number of H-pyrrole nitrogens is 1. The van der Waals surface area contributed by atoms with Crippen LogP contribution in [0.3, 0.4) is 0 Å². The Hall–Kier alpha value is -1.70. The zero-order valence-corrected chi connectivity index (χ0v) is 12.2. The highest BCUT2D eigenvalue weighted by atomic mass is 35.5. The predicted molar refractivity (Wildman–Crippen MR) is 79.3 cm³/mol. The van der Waals surface area contributed by atoms with Gasteiger partial charge in [0.1, 0.15) is 15.5 Å². The van der Waals surface area contributed by atoms with Crippen molar-refractivity contribution in [2.45, 2.75) is 6.42 Å². The summed E-state index contributed by atoms with van der Waals surface area (Å²) in [6, 6.07) is 5.00. The Bertz CT molecular complexity index is 865. The minimum Gasteiger partial charge on any atom is -0.477 e. The minimum atomic E-state index is -1.06. The van der Waals surface area contributed by atoms with Gasteiger partial charge in [-0.15, -0.1) is 22.7 Å². The van der Waals surface area contributed by atoms with E-state index in [1.54, 1.807) is 6.07 Å². The average Bonchev–Trinajstić information content (AvgIpc) is 2.96. The molecule has 0 aliphatic heterocycles. The maximum atomic E-state index is 11.9. The Morgan fingerprint density at radius 1 is 1.40 bits per heavy atom. The van der Waals surface area contributed by atoms with Gasteiger partial charge in [-0.1, -0.05) is 11.6 Å². The quantitative estimate of drug-likeness (QED) is 0.775. The molecule has 3 heterocycles. The molecule has 0 spiro atoms. The normalized spacial score (nSPS) is 11.1. The first-order valence-corrected chi connectivity index (χ1v) is 7.54. The average molecular weight is 327 g/mol. The molecule has 0 unspecified atom stereocenters. The van der Waals surface area contributed by atoms with Crippen molar-refractivity contribution in [3.63, 3.8) is 0 Å². The van der Waals surface area contributed by atoms with Crippen molar-refractivity contribution in [2.24, 2.45) is 0 Å². The molecule has 3 rings (SSSR count). The number of aromatic carboxylic acids is 1. The number of aromatic nitrogens is 2. The number of carboxylic acid groups (broad SMARTS) is 1. The van der Waals surface area contributed by atoms with Crippen LogP contribution in [-0.4, -0.2) is 21.0 Å². The van der Waals surface area contributed by atoms with E-state index in [2.05, 4.69) is 9.97 Å². The van der Waals surface area contributed by atoms with E-state index in [0.29, 0.717) is 26.8 Å². The molecule has 0 amide bonds. The number of thiophene rings is 2. The summed E-state index contributed by atoms with van der Waals surface area (Å²) in [5, 5.41) is 9.25. The first kappa shape index (κ1) is 13.3. The number of hydrogen-bond acceptors (Lipinski definition) is 5. The largest absolute Gasteiger partial charge is 0.477 e. The number of halogens is 1. The summed E-state index contributed by atoms with van der Waals surface area (Å²) in [5.41, 5.74) is -0.323. The van der Waals surface area contributed by atoms with Gasteiger partial charge in [-0.25, -0.2) is 9.78 Å². The number of rotatable bonds is 3. The lowest BCUT2D eigenvalue weighted by Crippen LogP contribution is -2.10. The maximum Gasteiger partial charge on any atom is 0.345 e. The van der Waals surface area contributed by atoms with Gasteiger partial charge in [-0.05, 0) is 18.2 Å². The van der Waals surface area contributed by atoms with Crippen LogP contribution in [0.1, 0.15) is 20.4 Å². The van der Waals surface area contributed by atoms with Crippen LogP contribution in [0, 0.1) is 0 Å². The highest BCUT2D eigenvalue weighted by Gasteiger charge is 2.13. The van der Waals surface area contributed by atoms with Crippen LogP contribution in [0.2, 0.25) is 4.34 Å². The van der Waals surface area contributed by atoms with Gasteiger partial charge in [0.05, 0.1) is 9.72 Å². The van der Waals surface area contributed by atoms with E-state index in [-0.39, 0.29) is 10.4 Å². The summed E-state index contributed by atoms with van der Waals surface area (Å²) < 4.78 is 0.674. The molecule has 2 N–H and O–H groups in total. The number of nitrogens with one attached hydrogen (secondary N) is 1. The van der Waals surface area contributed by atoms with Crippen LogP contribution in [0.5, 0.6) is 0 Å². The summed E-state index contributed by atoms with van der Waals surface area (Å²) in [7, 11) is 0. The maximum absolute atomic E-state index is 11.9. The van der Waals surface area contributed by atoms with Crippen LogP contribution in [-0.2, 0) is 6.42 Å². The number of nitrogens with zero attached hydrogens (tertiary/aromatic N) is 1. The fraction of sp³-hybridized carbons (Fsp3) is 0.0833. The molecule has 20 heavy (non-hydrogen) atoms. The van der Waals surface area contributed by atoms with Crippen molar-refractivity contribution < 1.29 is 9.90 Å². The smallest absolute Gasteiger partial charge is 0.345 e. The Morgan fingerprint density at radius 3 is 2.85 bits per heavy atom. The van der Waals surface area contributed by atoms with Crippen LogP contribution in [0.4, 0.5) is 0 Å². The fourth-order valence-corrected chi connectivity index (χ4v) is 3.76. The third-order valence-electron chi connectivity index (χ3n) is 2.63. The molecule has 0 atom stereocenters. The Kier molecular flexibility index (Phi) is 3.33. The van der Waals surface area contributed by atoms with Crippen molar-refractivity contribution in [3.8, 4) is 0 Å². The second-order valence-electron chi connectivity index (χ2n) is 4.03. The SMILES string of the molecule is O=C(O)c1cc2c(=O)[nH]c(Cc3ccc(Cl)s3)nc2s1. The lowest BCUT2D eigenvalue weighted by molar-refractivity contribution is 0.0702. The first-order valence-electron chi connectivity index (χ1n) is 5.53. The highest BCUT2D eigenvalue weighted by Crippen LogP contribution is 2.24. The van der Waals surface area contributed by atoms with Crippen molar-refractivity contribution in [2.75, 3.05) is 0 Å². The van der Waals surface area contributed by atoms with Gasteiger partial charge < -0.3 is 10.1 Å². The molecule has 0 saturated heterocycles. The lowest BCUT2D eigenvalue weighted by Gasteiger charge is -1.98. The van der Waals surface area contributed by atoms with Crippen molar-refractivity contribution in [1.82, 2.24) is 9.97 Å². The summed E-state index contributed by atoms with van der Waals surface area (Å²) in [6.07, 6.45) is 0.461. The molecule has 0 aliphatic carbocycles. The summed E-state index contributed by atoms with van der Waals surface area (Å²) in [4.78, 5) is 31.3. The van der Waals surface area contributed by atoms with Gasteiger partial charge in [0, 0.05) is 11.3 Å².